The van der Waals surface area contributed by atoms with Gasteiger partial charge in [0, 0.05) is 29.6 Å². The van der Waals surface area contributed by atoms with Crippen molar-refractivity contribution < 1.29 is 24.7 Å². The lowest BCUT2D eigenvalue weighted by Gasteiger charge is -2.58. The Bertz CT molecular complexity index is 928. The maximum atomic E-state index is 13.0. The number of carboxylic acids is 2. The van der Waals surface area contributed by atoms with Crippen molar-refractivity contribution in [2.45, 2.75) is 52.1 Å². The minimum Gasteiger partial charge on any atom is -0.481 e. The van der Waals surface area contributed by atoms with Gasteiger partial charge in [0.05, 0.1) is 15.8 Å². The molecule has 0 aliphatic carbocycles. The normalized spacial score (nSPS) is 31.4. The topological polar surface area (TPSA) is 130 Å². The number of nitro groups is 1. The molecule has 31 heavy (non-hydrogen) atoms. The lowest BCUT2D eigenvalue weighted by atomic mass is 9.47. The minimum atomic E-state index is -1.71. The van der Waals surface area contributed by atoms with Crippen LogP contribution in [0.5, 0.6) is 0 Å². The van der Waals surface area contributed by atoms with Gasteiger partial charge >= 0.3 is 11.9 Å². The number of hydrogen-bond acceptors (Lipinski definition) is 5. The van der Waals surface area contributed by atoms with E-state index >= 15 is 0 Å². The van der Waals surface area contributed by atoms with Gasteiger partial charge in [0.2, 0.25) is 0 Å². The second kappa shape index (κ2) is 8.63. The molecule has 0 saturated carbocycles. The number of piperidine rings is 1. The Morgan fingerprint density at radius 1 is 1.26 bits per heavy atom. The zero-order valence-electron chi connectivity index (χ0n) is 18.3. The third kappa shape index (κ3) is 3.54. The monoisotopic (exact) mass is 430 g/mol. The molecule has 1 aliphatic heterocycles. The molecule has 0 radical (unpaired) electrons. The third-order valence-corrected chi connectivity index (χ3v) is 6.90. The zero-order valence-corrected chi connectivity index (χ0v) is 18.3. The summed E-state index contributed by atoms with van der Waals surface area (Å²) < 4.78 is 0. The van der Waals surface area contributed by atoms with Crippen molar-refractivity contribution in [2.24, 2.45) is 16.7 Å². The maximum absolute atomic E-state index is 13.0. The van der Waals surface area contributed by atoms with E-state index < -0.39 is 51.6 Å². The van der Waals surface area contributed by atoms with Crippen LogP contribution in [0.2, 0.25) is 0 Å². The fourth-order valence-corrected chi connectivity index (χ4v) is 5.51. The third-order valence-electron chi connectivity index (χ3n) is 6.90. The van der Waals surface area contributed by atoms with Crippen molar-refractivity contribution in [3.8, 4) is 0 Å². The molecule has 0 bridgehead atoms. The van der Waals surface area contributed by atoms with E-state index in [1.165, 1.54) is 24.3 Å². The SMILES string of the molecule is C=CC(C)C1(C(=O)O)C(C)NC(C)C(CC(=C)C)(C(=O)O)C1c1ccccc1[N+](=O)[O-]. The highest BCUT2D eigenvalue weighted by Crippen LogP contribution is 2.61. The average Bonchev–Trinajstić information content (AvgIpc) is 2.68. The smallest absolute Gasteiger partial charge is 0.312 e. The fourth-order valence-electron chi connectivity index (χ4n) is 5.51. The van der Waals surface area contributed by atoms with Crippen LogP contribution in [-0.4, -0.2) is 39.2 Å². The van der Waals surface area contributed by atoms with E-state index in [9.17, 15) is 29.9 Å². The van der Waals surface area contributed by atoms with Crippen molar-refractivity contribution in [1.82, 2.24) is 5.32 Å². The van der Waals surface area contributed by atoms with Gasteiger partial charge in [-0.15, -0.1) is 13.2 Å². The number of carbonyl (C=O) groups is 2. The van der Waals surface area contributed by atoms with Gasteiger partial charge in [-0.05, 0) is 33.1 Å². The summed E-state index contributed by atoms with van der Waals surface area (Å²) in [7, 11) is 0. The lowest BCUT2D eigenvalue weighted by molar-refractivity contribution is -0.386. The van der Waals surface area contributed by atoms with Crippen molar-refractivity contribution in [1.29, 1.82) is 0 Å². The summed E-state index contributed by atoms with van der Waals surface area (Å²) in [6, 6.07) is 4.41. The molecule has 1 heterocycles. The number of nitrogens with zero attached hydrogens (tertiary/aromatic N) is 1. The Labute approximate surface area is 181 Å². The number of allylic oxidation sites excluding steroid dienone is 2. The predicted molar refractivity (Wildman–Crippen MR) is 117 cm³/mol. The van der Waals surface area contributed by atoms with Gasteiger partial charge < -0.3 is 15.5 Å². The molecular formula is C23H30N2O6. The molecule has 0 amide bonds. The van der Waals surface area contributed by atoms with E-state index in [0.717, 1.165) is 0 Å². The first-order valence-electron chi connectivity index (χ1n) is 10.1. The van der Waals surface area contributed by atoms with Crippen LogP contribution < -0.4 is 5.32 Å². The Hall–Kier alpha value is -3.00. The van der Waals surface area contributed by atoms with Crippen molar-refractivity contribution >= 4 is 17.6 Å². The van der Waals surface area contributed by atoms with Crippen LogP contribution >= 0.6 is 0 Å². The van der Waals surface area contributed by atoms with Gasteiger partial charge in [0.15, 0.2) is 0 Å². The van der Waals surface area contributed by atoms with Crippen molar-refractivity contribution in [3.05, 3.63) is 64.8 Å². The van der Waals surface area contributed by atoms with E-state index in [1.807, 2.05) is 0 Å². The van der Waals surface area contributed by atoms with Gasteiger partial charge in [0.25, 0.3) is 5.69 Å². The van der Waals surface area contributed by atoms with E-state index in [4.69, 9.17) is 0 Å². The molecule has 8 nitrogen and oxygen atoms in total. The summed E-state index contributed by atoms with van der Waals surface area (Å²) in [6.07, 6.45) is 1.43. The first-order chi connectivity index (χ1) is 14.4. The number of nitrogens with one attached hydrogen (secondary N) is 1. The second-order valence-electron chi connectivity index (χ2n) is 8.60. The summed E-state index contributed by atoms with van der Waals surface area (Å²) in [5, 5.41) is 36.2. The molecule has 1 aromatic carbocycles. The molecule has 1 aromatic rings. The quantitative estimate of drug-likeness (QED) is 0.323. The van der Waals surface area contributed by atoms with Gasteiger partial charge in [-0.3, -0.25) is 19.7 Å². The highest BCUT2D eigenvalue weighted by Gasteiger charge is 2.69. The Balaban J connectivity index is 3.12. The predicted octanol–water partition coefficient (Wildman–Crippen LogP) is 3.99. The molecule has 6 unspecified atom stereocenters. The van der Waals surface area contributed by atoms with E-state index in [0.29, 0.717) is 5.57 Å². The Kier molecular flexibility index (Phi) is 6.75. The van der Waals surface area contributed by atoms with E-state index in [-0.39, 0.29) is 17.7 Å². The number of nitro benzene ring substituents is 1. The molecule has 3 N–H and O–H groups in total. The number of para-hydroxylation sites is 1. The number of aliphatic carboxylic acids is 2. The molecule has 8 heteroatoms. The number of rotatable bonds is 8. The largest absolute Gasteiger partial charge is 0.481 e. The van der Waals surface area contributed by atoms with E-state index in [2.05, 4.69) is 18.5 Å². The van der Waals surface area contributed by atoms with Crippen LogP contribution in [0, 0.1) is 26.9 Å². The van der Waals surface area contributed by atoms with Crippen LogP contribution in [0.15, 0.2) is 49.1 Å². The highest BCUT2D eigenvalue weighted by molar-refractivity contribution is 5.85. The molecule has 1 saturated heterocycles. The lowest BCUT2D eigenvalue weighted by Crippen LogP contribution is -2.71. The van der Waals surface area contributed by atoms with E-state index in [1.54, 1.807) is 33.8 Å². The standard InChI is InChI=1S/C23H30N2O6/c1-7-14(4)23(21(28)29)16(6)24-15(5)22(20(26)27,12-13(2)3)19(23)17-10-8-9-11-18(17)25(30)31/h7-11,14-16,19,24H,1-2,12H2,3-6H3,(H,26,27)(H,28,29). The van der Waals surface area contributed by atoms with Gasteiger partial charge in [-0.1, -0.05) is 36.8 Å². The fraction of sp³-hybridized carbons (Fsp3) is 0.478. The molecule has 6 atom stereocenters. The van der Waals surface area contributed by atoms with Crippen LogP contribution in [-0.2, 0) is 9.59 Å². The van der Waals surface area contributed by atoms with Crippen LogP contribution in [0.4, 0.5) is 5.69 Å². The number of benzene rings is 1. The van der Waals surface area contributed by atoms with Gasteiger partial charge in [-0.2, -0.15) is 0 Å². The first kappa shape index (κ1) is 24.3. The van der Waals surface area contributed by atoms with Crippen molar-refractivity contribution in [2.75, 3.05) is 0 Å². The summed E-state index contributed by atoms with van der Waals surface area (Å²) >= 11 is 0. The van der Waals surface area contributed by atoms with Crippen molar-refractivity contribution in [3.63, 3.8) is 0 Å². The molecule has 168 valence electrons. The molecule has 2 rings (SSSR count). The average molecular weight is 431 g/mol. The maximum Gasteiger partial charge on any atom is 0.312 e. The van der Waals surface area contributed by atoms with Gasteiger partial charge in [-0.25, -0.2) is 0 Å². The molecular weight excluding hydrogens is 400 g/mol. The van der Waals surface area contributed by atoms with Crippen LogP contribution in [0.25, 0.3) is 0 Å². The molecule has 1 aliphatic rings. The van der Waals surface area contributed by atoms with Gasteiger partial charge in [0.1, 0.15) is 0 Å². The number of carboxylic acid groups (broad SMARTS) is 2. The first-order valence-corrected chi connectivity index (χ1v) is 10.1. The highest BCUT2D eigenvalue weighted by atomic mass is 16.6. The Morgan fingerprint density at radius 2 is 1.84 bits per heavy atom. The summed E-state index contributed by atoms with van der Waals surface area (Å²) in [6.45, 7) is 14.3. The zero-order chi connectivity index (χ0) is 23.7. The summed E-state index contributed by atoms with van der Waals surface area (Å²) in [5.41, 5.74) is -3.08. The molecule has 1 fully saturated rings. The van der Waals surface area contributed by atoms with Crippen LogP contribution in [0.3, 0.4) is 0 Å². The molecule has 0 aromatic heterocycles. The minimum absolute atomic E-state index is 0.0428. The molecule has 0 spiro atoms. The Morgan fingerprint density at radius 3 is 2.29 bits per heavy atom. The van der Waals surface area contributed by atoms with Crippen LogP contribution in [0.1, 0.15) is 45.6 Å². The second-order valence-corrected chi connectivity index (χ2v) is 8.60. The summed E-state index contributed by atoms with van der Waals surface area (Å²) in [5.74, 6) is -4.39. The number of hydrogen-bond donors (Lipinski definition) is 3. The summed E-state index contributed by atoms with van der Waals surface area (Å²) in [4.78, 5) is 37.2.